The molecular weight excluding hydrogens is 406 g/mol. The van der Waals surface area contributed by atoms with Gasteiger partial charge in [0.2, 0.25) is 0 Å². The molecule has 4 heterocycles. The zero-order chi connectivity index (χ0) is 22.1. The van der Waals surface area contributed by atoms with Crippen LogP contribution in [0.5, 0.6) is 6.01 Å². The van der Waals surface area contributed by atoms with E-state index in [1.165, 1.54) is 13.4 Å². The van der Waals surface area contributed by atoms with Crippen molar-refractivity contribution in [1.82, 2.24) is 39.5 Å². The molecule has 1 unspecified atom stereocenters. The second-order valence-electron chi connectivity index (χ2n) is 7.21. The van der Waals surface area contributed by atoms with Crippen molar-refractivity contribution >= 4 is 16.9 Å². The fourth-order valence-corrected chi connectivity index (χ4v) is 3.81. The van der Waals surface area contributed by atoms with Crippen molar-refractivity contribution in [1.29, 1.82) is 0 Å². The molecule has 0 bridgehead atoms. The summed E-state index contributed by atoms with van der Waals surface area (Å²) in [5.41, 5.74) is 10.4. The molecule has 0 saturated carbocycles. The highest BCUT2D eigenvalue weighted by atomic mass is 16.5. The minimum atomic E-state index is -0.0998. The number of nitrogens with two attached hydrogens (primary N) is 1. The Morgan fingerprint density at radius 3 is 2.53 bits per heavy atom. The lowest BCUT2D eigenvalue weighted by Gasteiger charge is -2.15. The van der Waals surface area contributed by atoms with Crippen LogP contribution in [0, 0.1) is 0 Å². The van der Waals surface area contributed by atoms with Crippen molar-refractivity contribution in [3.63, 3.8) is 0 Å². The first-order valence-electron chi connectivity index (χ1n) is 10.1. The number of ether oxygens (including phenoxy) is 1. The van der Waals surface area contributed by atoms with Gasteiger partial charge in [-0.1, -0.05) is 30.3 Å². The number of hydrogen-bond donors (Lipinski definition) is 1. The maximum atomic E-state index is 6.26. The number of nitrogens with zero attached hydrogens (tertiary/aromatic N) is 8. The topological polar surface area (TPSA) is 122 Å². The van der Waals surface area contributed by atoms with Crippen LogP contribution in [0.2, 0.25) is 0 Å². The van der Waals surface area contributed by atoms with E-state index in [9.17, 15) is 0 Å². The van der Waals surface area contributed by atoms with Gasteiger partial charge in [0.1, 0.15) is 23.5 Å². The molecule has 0 aliphatic rings. The van der Waals surface area contributed by atoms with Crippen LogP contribution in [0.1, 0.15) is 25.1 Å². The van der Waals surface area contributed by atoms with Crippen molar-refractivity contribution in [3.05, 3.63) is 67.1 Å². The maximum Gasteiger partial charge on any atom is 0.316 e. The smallest absolute Gasteiger partial charge is 0.316 e. The molecule has 0 radical (unpaired) electrons. The largest absolute Gasteiger partial charge is 0.467 e. The number of methoxy groups -OCH3 is 1. The Morgan fingerprint density at radius 1 is 1.03 bits per heavy atom. The Balaban J connectivity index is 1.63. The Hall–Kier alpha value is -4.34. The van der Waals surface area contributed by atoms with Crippen LogP contribution >= 0.6 is 0 Å². The fraction of sp³-hybridized carbons (Fsp3) is 0.182. The minimum absolute atomic E-state index is 0.0998. The highest BCUT2D eigenvalue weighted by molar-refractivity contribution is 6.00. The first-order valence-corrected chi connectivity index (χ1v) is 10.1. The van der Waals surface area contributed by atoms with Crippen LogP contribution < -0.4 is 10.5 Å². The third kappa shape index (κ3) is 3.31. The molecule has 0 aliphatic carbocycles. The lowest BCUT2D eigenvalue weighted by Crippen LogP contribution is -2.10. The van der Waals surface area contributed by atoms with E-state index in [0.29, 0.717) is 17.5 Å². The molecular formula is C22H21N9O. The summed E-state index contributed by atoms with van der Waals surface area (Å²) >= 11 is 0. The summed E-state index contributed by atoms with van der Waals surface area (Å²) in [5, 5.41) is 9.52. The van der Waals surface area contributed by atoms with Gasteiger partial charge in [-0.05, 0) is 18.6 Å². The van der Waals surface area contributed by atoms with Crippen LogP contribution in [-0.2, 0) is 0 Å². The Labute approximate surface area is 183 Å². The van der Waals surface area contributed by atoms with E-state index in [1.54, 1.807) is 17.1 Å². The monoisotopic (exact) mass is 427 g/mol. The Morgan fingerprint density at radius 2 is 1.81 bits per heavy atom. The third-order valence-corrected chi connectivity index (χ3v) is 5.36. The Kier molecular flexibility index (Phi) is 4.94. The van der Waals surface area contributed by atoms with Gasteiger partial charge in [-0.3, -0.25) is 0 Å². The van der Waals surface area contributed by atoms with Gasteiger partial charge in [0.05, 0.1) is 30.4 Å². The molecule has 0 amide bonds. The molecule has 1 aromatic carbocycles. The molecule has 1 atom stereocenters. The SMILES string of the molecule is CCC(c1cn(-c2ccccc2)nn1)n1cc(-c2cnc(OC)nc2)c2c(N)ncnc21. The molecule has 160 valence electrons. The number of anilines is 1. The van der Waals surface area contributed by atoms with Gasteiger partial charge in [-0.2, -0.15) is 0 Å². The van der Waals surface area contributed by atoms with Crippen molar-refractivity contribution in [2.24, 2.45) is 0 Å². The lowest BCUT2D eigenvalue weighted by molar-refractivity contribution is 0.380. The van der Waals surface area contributed by atoms with E-state index in [1.807, 2.05) is 42.7 Å². The molecule has 10 heteroatoms. The van der Waals surface area contributed by atoms with Crippen LogP contribution in [0.25, 0.3) is 27.8 Å². The number of fused-ring (bicyclic) bond motifs is 1. The van der Waals surface area contributed by atoms with E-state index in [-0.39, 0.29) is 6.04 Å². The van der Waals surface area contributed by atoms with Crippen molar-refractivity contribution in [2.75, 3.05) is 12.8 Å². The van der Waals surface area contributed by atoms with Gasteiger partial charge >= 0.3 is 6.01 Å². The summed E-state index contributed by atoms with van der Waals surface area (Å²) in [6.07, 6.45) is 9.58. The van der Waals surface area contributed by atoms with E-state index in [2.05, 4.69) is 41.7 Å². The summed E-state index contributed by atoms with van der Waals surface area (Å²) in [7, 11) is 1.53. The molecule has 32 heavy (non-hydrogen) atoms. The first-order chi connectivity index (χ1) is 15.7. The summed E-state index contributed by atoms with van der Waals surface area (Å²) in [5.74, 6) is 0.391. The molecule has 0 saturated heterocycles. The Bertz CT molecular complexity index is 1360. The van der Waals surface area contributed by atoms with Crippen LogP contribution in [-0.4, -0.2) is 46.6 Å². The van der Waals surface area contributed by atoms with Crippen molar-refractivity contribution < 1.29 is 4.74 Å². The second kappa shape index (κ2) is 8.06. The number of benzene rings is 1. The van der Waals surface area contributed by atoms with Gasteiger partial charge in [0.25, 0.3) is 0 Å². The number of aromatic nitrogens is 8. The molecule has 5 rings (SSSR count). The molecule has 0 fully saturated rings. The van der Waals surface area contributed by atoms with Gasteiger partial charge in [-0.25, -0.2) is 24.6 Å². The zero-order valence-electron chi connectivity index (χ0n) is 17.6. The third-order valence-electron chi connectivity index (χ3n) is 5.36. The highest BCUT2D eigenvalue weighted by Gasteiger charge is 2.23. The molecule has 5 aromatic rings. The number of para-hydroxylation sites is 1. The standard InChI is InChI=1S/C22H21N9O/c1-3-18(17-12-31(29-28-17)15-7-5-4-6-8-15)30-11-16(14-9-24-22(32-2)25-10-14)19-20(23)26-13-27-21(19)30/h4-13,18H,3H2,1-2H3,(H2,23,26,27). The summed E-state index contributed by atoms with van der Waals surface area (Å²) in [6, 6.07) is 10.1. The van der Waals surface area contributed by atoms with Crippen LogP contribution in [0.4, 0.5) is 5.82 Å². The van der Waals surface area contributed by atoms with Crippen molar-refractivity contribution in [3.8, 4) is 22.8 Å². The average Bonchev–Trinajstić information content (AvgIpc) is 3.47. The predicted octanol–water partition coefficient (Wildman–Crippen LogP) is 3.06. The first kappa shape index (κ1) is 19.6. The molecule has 0 spiro atoms. The number of rotatable bonds is 6. The number of hydrogen-bond acceptors (Lipinski definition) is 8. The van der Waals surface area contributed by atoms with Crippen molar-refractivity contribution in [2.45, 2.75) is 19.4 Å². The highest BCUT2D eigenvalue weighted by Crippen LogP contribution is 2.36. The second-order valence-corrected chi connectivity index (χ2v) is 7.21. The normalized spacial score (nSPS) is 12.2. The molecule has 0 aliphatic heterocycles. The van der Waals surface area contributed by atoms with Crippen LogP contribution in [0.15, 0.2) is 61.4 Å². The average molecular weight is 427 g/mol. The van der Waals surface area contributed by atoms with Gasteiger partial charge in [0, 0.05) is 29.7 Å². The minimum Gasteiger partial charge on any atom is -0.467 e. The number of nitrogen functional groups attached to an aromatic ring is 1. The van der Waals surface area contributed by atoms with Crippen LogP contribution in [0.3, 0.4) is 0 Å². The summed E-state index contributed by atoms with van der Waals surface area (Å²) < 4.78 is 8.91. The van der Waals surface area contributed by atoms with Gasteiger partial charge < -0.3 is 15.0 Å². The fourth-order valence-electron chi connectivity index (χ4n) is 3.81. The van der Waals surface area contributed by atoms with E-state index in [0.717, 1.165) is 34.3 Å². The quantitative estimate of drug-likeness (QED) is 0.439. The van der Waals surface area contributed by atoms with Gasteiger partial charge in [-0.15, -0.1) is 5.10 Å². The van der Waals surface area contributed by atoms with E-state index >= 15 is 0 Å². The maximum absolute atomic E-state index is 6.26. The molecule has 10 nitrogen and oxygen atoms in total. The van der Waals surface area contributed by atoms with E-state index in [4.69, 9.17) is 10.5 Å². The van der Waals surface area contributed by atoms with Gasteiger partial charge in [0.15, 0.2) is 0 Å². The zero-order valence-corrected chi connectivity index (χ0v) is 17.6. The predicted molar refractivity (Wildman–Crippen MR) is 119 cm³/mol. The van der Waals surface area contributed by atoms with E-state index < -0.39 is 0 Å². The molecule has 2 N–H and O–H groups in total. The lowest BCUT2D eigenvalue weighted by atomic mass is 10.1. The molecule has 4 aromatic heterocycles. The summed E-state index contributed by atoms with van der Waals surface area (Å²) in [6.45, 7) is 2.10. The summed E-state index contributed by atoms with van der Waals surface area (Å²) in [4.78, 5) is 17.2.